The smallest absolute Gasteiger partial charge is 0.257 e. The van der Waals surface area contributed by atoms with E-state index in [9.17, 15) is 13.6 Å². The number of rotatable bonds is 4. The molecule has 1 N–H and O–H groups in total. The molecule has 4 nitrogen and oxygen atoms in total. The maximum Gasteiger partial charge on any atom is 0.257 e. The molecule has 124 valence electrons. The maximum atomic E-state index is 13.7. The van der Waals surface area contributed by atoms with Gasteiger partial charge in [0, 0.05) is 17.5 Å². The Morgan fingerprint density at radius 1 is 1.21 bits per heavy atom. The van der Waals surface area contributed by atoms with Crippen molar-refractivity contribution in [2.24, 2.45) is 0 Å². The molecule has 0 aliphatic heterocycles. The van der Waals surface area contributed by atoms with E-state index in [4.69, 9.17) is 4.42 Å². The van der Waals surface area contributed by atoms with E-state index in [0.29, 0.717) is 12.1 Å². The molecule has 0 radical (unpaired) electrons. The molecule has 6 heteroatoms. The summed E-state index contributed by atoms with van der Waals surface area (Å²) in [5.41, 5.74) is 2.00. The highest BCUT2D eigenvalue weighted by Crippen LogP contribution is 2.20. The Balaban J connectivity index is 1.85. The number of amides is 1. The maximum absolute atomic E-state index is 13.7. The molecule has 0 saturated carbocycles. The fourth-order valence-electron chi connectivity index (χ4n) is 2.61. The average Bonchev–Trinajstić information content (AvgIpc) is 3.14. The van der Waals surface area contributed by atoms with Crippen molar-refractivity contribution in [3.05, 3.63) is 77.0 Å². The molecule has 0 aliphatic carbocycles. The fourth-order valence-corrected chi connectivity index (χ4v) is 2.61. The summed E-state index contributed by atoms with van der Waals surface area (Å²) in [6.45, 7) is 4.19. The molecule has 0 fully saturated rings. The minimum atomic E-state index is -0.812. The van der Waals surface area contributed by atoms with Crippen LogP contribution in [0.4, 0.5) is 14.5 Å². The number of furan rings is 1. The van der Waals surface area contributed by atoms with Crippen LogP contribution in [-0.4, -0.2) is 10.5 Å². The van der Waals surface area contributed by atoms with E-state index < -0.39 is 17.5 Å². The lowest BCUT2D eigenvalue weighted by Crippen LogP contribution is -2.14. The van der Waals surface area contributed by atoms with Crippen molar-refractivity contribution < 1.29 is 18.0 Å². The van der Waals surface area contributed by atoms with Gasteiger partial charge < -0.3 is 14.3 Å². The van der Waals surface area contributed by atoms with Gasteiger partial charge in [-0.25, -0.2) is 8.78 Å². The van der Waals surface area contributed by atoms with E-state index in [1.165, 1.54) is 6.07 Å². The Kier molecular flexibility index (Phi) is 4.20. The second kappa shape index (κ2) is 6.31. The van der Waals surface area contributed by atoms with Crippen molar-refractivity contribution in [2.45, 2.75) is 20.4 Å². The third-order valence-electron chi connectivity index (χ3n) is 3.89. The zero-order valence-electron chi connectivity index (χ0n) is 13.3. The van der Waals surface area contributed by atoms with Crippen molar-refractivity contribution in [1.82, 2.24) is 4.57 Å². The molecule has 0 spiro atoms. The normalized spacial score (nSPS) is 10.8. The first kappa shape index (κ1) is 16.0. The Hall–Kier alpha value is -2.89. The van der Waals surface area contributed by atoms with Crippen molar-refractivity contribution in [3.63, 3.8) is 0 Å². The van der Waals surface area contributed by atoms with E-state index in [-0.39, 0.29) is 5.69 Å². The van der Waals surface area contributed by atoms with Gasteiger partial charge in [0.05, 0.1) is 24.1 Å². The van der Waals surface area contributed by atoms with Crippen LogP contribution in [0.5, 0.6) is 0 Å². The Morgan fingerprint density at radius 2 is 2.00 bits per heavy atom. The lowest BCUT2D eigenvalue weighted by molar-refractivity contribution is 0.102. The first-order chi connectivity index (χ1) is 11.5. The number of halogens is 2. The van der Waals surface area contributed by atoms with Gasteiger partial charge in [0.15, 0.2) is 0 Å². The summed E-state index contributed by atoms with van der Waals surface area (Å²) < 4.78 is 33.9. The zero-order valence-corrected chi connectivity index (χ0v) is 13.3. The summed E-state index contributed by atoms with van der Waals surface area (Å²) in [7, 11) is 0. The molecular weight excluding hydrogens is 314 g/mol. The predicted octanol–water partition coefficient (Wildman–Crippen LogP) is 4.28. The number of hydrogen-bond donors (Lipinski definition) is 1. The van der Waals surface area contributed by atoms with Crippen LogP contribution in [0, 0.1) is 25.5 Å². The molecule has 0 unspecified atom stereocenters. The van der Waals surface area contributed by atoms with Gasteiger partial charge in [-0.15, -0.1) is 0 Å². The SMILES string of the molecule is Cc1cc(C(=O)Nc2ccc(F)cc2F)c(C)n1Cc1ccco1. The van der Waals surface area contributed by atoms with Crippen LogP contribution in [0.3, 0.4) is 0 Å². The second-order valence-corrected chi connectivity index (χ2v) is 5.53. The van der Waals surface area contributed by atoms with Crippen molar-refractivity contribution in [2.75, 3.05) is 5.32 Å². The molecule has 1 aromatic carbocycles. The highest BCUT2D eigenvalue weighted by Gasteiger charge is 2.17. The molecule has 3 rings (SSSR count). The number of hydrogen-bond acceptors (Lipinski definition) is 2. The first-order valence-corrected chi connectivity index (χ1v) is 7.41. The van der Waals surface area contributed by atoms with E-state index >= 15 is 0 Å². The molecule has 0 aliphatic rings. The van der Waals surface area contributed by atoms with Crippen LogP contribution in [-0.2, 0) is 6.54 Å². The molecule has 2 aromatic heterocycles. The monoisotopic (exact) mass is 330 g/mol. The van der Waals surface area contributed by atoms with Gasteiger partial charge in [0.1, 0.15) is 17.4 Å². The topological polar surface area (TPSA) is 47.2 Å². The van der Waals surface area contributed by atoms with E-state index in [2.05, 4.69) is 5.32 Å². The number of nitrogens with one attached hydrogen (secondary N) is 1. The van der Waals surface area contributed by atoms with Gasteiger partial charge in [0.2, 0.25) is 0 Å². The quantitative estimate of drug-likeness (QED) is 0.776. The Bertz CT molecular complexity index is 883. The molecule has 3 aromatic rings. The minimum absolute atomic E-state index is 0.0581. The van der Waals surface area contributed by atoms with Gasteiger partial charge in [-0.1, -0.05) is 0 Å². The summed E-state index contributed by atoms with van der Waals surface area (Å²) in [5, 5.41) is 2.48. The first-order valence-electron chi connectivity index (χ1n) is 7.41. The lowest BCUT2D eigenvalue weighted by Gasteiger charge is -2.09. The molecule has 1 amide bonds. The van der Waals surface area contributed by atoms with Crippen LogP contribution in [0.25, 0.3) is 0 Å². The number of aryl methyl sites for hydroxylation is 1. The van der Waals surface area contributed by atoms with Gasteiger partial charge in [-0.2, -0.15) is 0 Å². The van der Waals surface area contributed by atoms with E-state index in [1.54, 1.807) is 18.4 Å². The van der Waals surface area contributed by atoms with Crippen molar-refractivity contribution in [3.8, 4) is 0 Å². The minimum Gasteiger partial charge on any atom is -0.467 e. The summed E-state index contributed by atoms with van der Waals surface area (Å²) in [6.07, 6.45) is 1.59. The summed E-state index contributed by atoms with van der Waals surface area (Å²) in [6, 6.07) is 8.41. The zero-order chi connectivity index (χ0) is 17.3. The van der Waals surface area contributed by atoms with Crippen LogP contribution >= 0.6 is 0 Å². The third kappa shape index (κ3) is 3.08. The van der Waals surface area contributed by atoms with Crippen LogP contribution in [0.1, 0.15) is 27.5 Å². The number of carbonyl (C=O) groups excluding carboxylic acids is 1. The average molecular weight is 330 g/mol. The predicted molar refractivity (Wildman–Crippen MR) is 86.0 cm³/mol. The fraction of sp³-hybridized carbons (Fsp3) is 0.167. The summed E-state index contributed by atoms with van der Waals surface area (Å²) in [5.74, 6) is -1.18. The number of anilines is 1. The highest BCUT2D eigenvalue weighted by molar-refractivity contribution is 6.05. The van der Waals surface area contributed by atoms with Gasteiger partial charge in [-0.3, -0.25) is 4.79 Å². The number of carbonyl (C=O) groups is 1. The molecule has 24 heavy (non-hydrogen) atoms. The van der Waals surface area contributed by atoms with Gasteiger partial charge >= 0.3 is 0 Å². The van der Waals surface area contributed by atoms with Crippen molar-refractivity contribution in [1.29, 1.82) is 0 Å². The largest absolute Gasteiger partial charge is 0.467 e. The third-order valence-corrected chi connectivity index (χ3v) is 3.89. The molecular formula is C18H16F2N2O2. The highest BCUT2D eigenvalue weighted by atomic mass is 19.1. The van der Waals surface area contributed by atoms with Crippen LogP contribution in [0.2, 0.25) is 0 Å². The number of benzene rings is 1. The number of nitrogens with zero attached hydrogens (tertiary/aromatic N) is 1. The second-order valence-electron chi connectivity index (χ2n) is 5.53. The van der Waals surface area contributed by atoms with Crippen molar-refractivity contribution >= 4 is 11.6 Å². The van der Waals surface area contributed by atoms with Crippen LogP contribution in [0.15, 0.2) is 47.1 Å². The molecule has 0 atom stereocenters. The van der Waals surface area contributed by atoms with Crippen LogP contribution < -0.4 is 5.32 Å². The molecule has 2 heterocycles. The van der Waals surface area contributed by atoms with Gasteiger partial charge in [-0.05, 0) is 44.2 Å². The summed E-state index contributed by atoms with van der Waals surface area (Å²) in [4.78, 5) is 12.4. The van der Waals surface area contributed by atoms with Gasteiger partial charge in [0.25, 0.3) is 5.91 Å². The van der Waals surface area contributed by atoms with E-state index in [0.717, 1.165) is 29.3 Å². The lowest BCUT2D eigenvalue weighted by atomic mass is 10.2. The Morgan fingerprint density at radius 3 is 2.67 bits per heavy atom. The Labute approximate surface area is 137 Å². The molecule has 0 bridgehead atoms. The number of aromatic nitrogens is 1. The standard InChI is InChI=1S/C18H16F2N2O2/c1-11-8-15(12(2)22(11)10-14-4-3-7-24-14)18(23)21-17-6-5-13(19)9-16(17)20/h3-9H,10H2,1-2H3,(H,21,23). The molecule has 0 saturated heterocycles. The summed E-state index contributed by atoms with van der Waals surface area (Å²) >= 11 is 0. The van der Waals surface area contributed by atoms with E-state index in [1.807, 2.05) is 24.5 Å².